The molecule has 168 valence electrons. The van der Waals surface area contributed by atoms with Crippen LogP contribution in [0.5, 0.6) is 5.75 Å². The van der Waals surface area contributed by atoms with Crippen molar-refractivity contribution in [2.45, 2.75) is 25.9 Å². The van der Waals surface area contributed by atoms with Crippen molar-refractivity contribution in [2.24, 2.45) is 0 Å². The van der Waals surface area contributed by atoms with Crippen LogP contribution in [0.2, 0.25) is 0 Å². The average molecular weight is 450 g/mol. The average Bonchev–Trinajstić information content (AvgIpc) is 3.40. The van der Waals surface area contributed by atoms with E-state index in [0.717, 1.165) is 15.9 Å². The van der Waals surface area contributed by atoms with Crippen molar-refractivity contribution in [2.75, 3.05) is 4.90 Å². The first kappa shape index (κ1) is 21.9. The van der Waals surface area contributed by atoms with Crippen LogP contribution in [-0.4, -0.2) is 34.6 Å². The van der Waals surface area contributed by atoms with Crippen molar-refractivity contribution in [3.63, 3.8) is 0 Å². The van der Waals surface area contributed by atoms with Gasteiger partial charge in [0.25, 0.3) is 11.8 Å². The van der Waals surface area contributed by atoms with Gasteiger partial charge in [-0.2, -0.15) is 0 Å². The number of benzene rings is 2. The Morgan fingerprint density at radius 2 is 1.82 bits per heavy atom. The molecule has 0 saturated carbocycles. The van der Waals surface area contributed by atoms with Gasteiger partial charge in [0.05, 0.1) is 30.5 Å². The molecule has 1 atom stereocenters. The number of imide groups is 1. The van der Waals surface area contributed by atoms with Crippen molar-refractivity contribution in [1.82, 2.24) is 4.90 Å². The molecule has 33 heavy (non-hydrogen) atoms. The molecule has 9 heteroatoms. The van der Waals surface area contributed by atoms with Gasteiger partial charge in [0, 0.05) is 6.92 Å². The Kier molecular flexibility index (Phi) is 6.03. The number of halogens is 1. The summed E-state index contributed by atoms with van der Waals surface area (Å²) in [5, 5.41) is 0. The number of carbonyl (C=O) groups is 4. The molecule has 0 aliphatic carbocycles. The maximum atomic E-state index is 14.3. The minimum Gasteiger partial charge on any atom is -0.467 e. The Morgan fingerprint density at radius 3 is 2.45 bits per heavy atom. The van der Waals surface area contributed by atoms with E-state index in [1.807, 2.05) is 0 Å². The Morgan fingerprint density at radius 1 is 1.09 bits per heavy atom. The van der Waals surface area contributed by atoms with Gasteiger partial charge in [0.1, 0.15) is 23.4 Å². The maximum Gasteiger partial charge on any atom is 0.308 e. The van der Waals surface area contributed by atoms with E-state index in [4.69, 9.17) is 9.15 Å². The highest BCUT2D eigenvalue weighted by Gasteiger charge is 2.45. The van der Waals surface area contributed by atoms with E-state index in [2.05, 4.69) is 0 Å². The van der Waals surface area contributed by atoms with Crippen LogP contribution in [-0.2, 0) is 20.9 Å². The second kappa shape index (κ2) is 9.07. The van der Waals surface area contributed by atoms with Crippen molar-refractivity contribution < 1.29 is 32.7 Å². The van der Waals surface area contributed by atoms with Crippen molar-refractivity contribution in [1.29, 1.82) is 0 Å². The van der Waals surface area contributed by atoms with E-state index in [0.29, 0.717) is 5.76 Å². The molecule has 0 bridgehead atoms. The smallest absolute Gasteiger partial charge is 0.308 e. The van der Waals surface area contributed by atoms with Gasteiger partial charge < -0.3 is 14.1 Å². The molecule has 3 amide bonds. The van der Waals surface area contributed by atoms with Gasteiger partial charge >= 0.3 is 5.97 Å². The number of carbonyl (C=O) groups excluding carboxylic acids is 4. The first-order chi connectivity index (χ1) is 15.8. The number of anilines is 1. The highest BCUT2D eigenvalue weighted by Crippen LogP contribution is 2.29. The highest BCUT2D eigenvalue weighted by molar-refractivity contribution is 6.23. The lowest BCUT2D eigenvalue weighted by molar-refractivity contribution is -0.132. The third kappa shape index (κ3) is 4.52. The van der Waals surface area contributed by atoms with Crippen LogP contribution >= 0.6 is 0 Å². The molecule has 0 radical (unpaired) electrons. The van der Waals surface area contributed by atoms with E-state index in [9.17, 15) is 23.6 Å². The fourth-order valence-corrected chi connectivity index (χ4v) is 3.64. The van der Waals surface area contributed by atoms with Crippen molar-refractivity contribution >= 4 is 29.4 Å². The second-order valence-corrected chi connectivity index (χ2v) is 7.37. The van der Waals surface area contributed by atoms with Gasteiger partial charge in [-0.15, -0.1) is 0 Å². The topological polar surface area (TPSA) is 97.1 Å². The molecule has 1 unspecified atom stereocenters. The van der Waals surface area contributed by atoms with E-state index in [-0.39, 0.29) is 30.0 Å². The molecule has 2 heterocycles. The Hall–Kier alpha value is -4.27. The number of rotatable bonds is 6. The van der Waals surface area contributed by atoms with E-state index in [1.165, 1.54) is 55.7 Å². The molecular formula is C24H19FN2O6. The number of amides is 3. The third-order valence-electron chi connectivity index (χ3n) is 5.13. The zero-order valence-electron chi connectivity index (χ0n) is 17.6. The first-order valence-electron chi connectivity index (χ1n) is 10.1. The first-order valence-corrected chi connectivity index (χ1v) is 10.1. The van der Waals surface area contributed by atoms with E-state index in [1.54, 1.807) is 12.1 Å². The number of hydrogen-bond acceptors (Lipinski definition) is 6. The molecule has 3 aromatic rings. The minimum atomic E-state index is -1.15. The monoisotopic (exact) mass is 450 g/mol. The third-order valence-corrected chi connectivity index (χ3v) is 5.13. The molecule has 8 nitrogen and oxygen atoms in total. The molecule has 0 N–H and O–H groups in total. The second-order valence-electron chi connectivity index (χ2n) is 7.37. The molecule has 0 spiro atoms. The summed E-state index contributed by atoms with van der Waals surface area (Å²) in [6.45, 7) is 1.13. The van der Waals surface area contributed by atoms with Gasteiger partial charge in [-0.05, 0) is 48.5 Å². The number of furan rings is 1. The number of hydrogen-bond donors (Lipinski definition) is 0. The van der Waals surface area contributed by atoms with Crippen molar-refractivity contribution in [3.8, 4) is 5.75 Å². The lowest BCUT2D eigenvalue weighted by atomic mass is 10.1. The van der Waals surface area contributed by atoms with Crippen LogP contribution in [0.4, 0.5) is 10.1 Å². The zero-order valence-corrected chi connectivity index (χ0v) is 17.6. The molecule has 2 aromatic carbocycles. The van der Waals surface area contributed by atoms with Crippen LogP contribution in [0.15, 0.2) is 71.3 Å². The molecule has 1 saturated heterocycles. The summed E-state index contributed by atoms with van der Waals surface area (Å²) < 4.78 is 24.6. The van der Waals surface area contributed by atoms with Gasteiger partial charge in [-0.3, -0.25) is 19.2 Å². The highest BCUT2D eigenvalue weighted by atomic mass is 19.1. The van der Waals surface area contributed by atoms with E-state index < -0.39 is 35.5 Å². The zero-order chi connectivity index (χ0) is 23.5. The Bertz CT molecular complexity index is 1210. The molecule has 4 rings (SSSR count). The summed E-state index contributed by atoms with van der Waals surface area (Å²) in [5.74, 6) is -2.48. The van der Waals surface area contributed by atoms with Crippen LogP contribution in [0.25, 0.3) is 0 Å². The molecular weight excluding hydrogens is 431 g/mol. The lowest BCUT2D eigenvalue weighted by Gasteiger charge is -2.27. The van der Waals surface area contributed by atoms with Crippen LogP contribution in [0, 0.1) is 5.82 Å². The minimum absolute atomic E-state index is 0.122. The Balaban J connectivity index is 1.64. The van der Waals surface area contributed by atoms with Crippen LogP contribution in [0.3, 0.4) is 0 Å². The van der Waals surface area contributed by atoms with Crippen LogP contribution in [0.1, 0.15) is 29.5 Å². The number of ether oxygens (including phenoxy) is 1. The summed E-state index contributed by atoms with van der Waals surface area (Å²) in [6.07, 6.45) is 1.14. The van der Waals surface area contributed by atoms with Crippen LogP contribution < -0.4 is 9.64 Å². The van der Waals surface area contributed by atoms with E-state index >= 15 is 0 Å². The van der Waals surface area contributed by atoms with Gasteiger partial charge in [-0.25, -0.2) is 9.29 Å². The van der Waals surface area contributed by atoms with Gasteiger partial charge in [-0.1, -0.05) is 12.1 Å². The quantitative estimate of drug-likeness (QED) is 0.325. The predicted octanol–water partition coefficient (Wildman–Crippen LogP) is 3.32. The lowest BCUT2D eigenvalue weighted by Crippen LogP contribution is -2.45. The predicted molar refractivity (Wildman–Crippen MR) is 114 cm³/mol. The number of nitrogens with zero attached hydrogens (tertiary/aromatic N) is 2. The summed E-state index contributed by atoms with van der Waals surface area (Å²) in [5.41, 5.74) is 0.0492. The largest absolute Gasteiger partial charge is 0.467 e. The summed E-state index contributed by atoms with van der Waals surface area (Å²) in [4.78, 5) is 52.5. The molecule has 1 fully saturated rings. The molecule has 1 aliphatic rings. The molecule has 1 aromatic heterocycles. The maximum absolute atomic E-state index is 14.3. The summed E-state index contributed by atoms with van der Waals surface area (Å²) in [6, 6.07) is 13.4. The van der Waals surface area contributed by atoms with Crippen molar-refractivity contribution in [3.05, 3.63) is 84.1 Å². The standard InChI is InChI=1S/C24H19FN2O6/c1-15(28)33-17-10-8-16(9-11-17)27-22(29)13-21(24(27)31)26(14-18-5-4-12-32-18)23(30)19-6-2-3-7-20(19)25/h2-12,21H,13-14H2,1H3. The summed E-state index contributed by atoms with van der Waals surface area (Å²) >= 11 is 0. The SMILES string of the molecule is CC(=O)Oc1ccc(N2C(=O)CC(N(Cc3ccco3)C(=O)c3ccccc3F)C2=O)cc1. The fraction of sp³-hybridized carbons (Fsp3) is 0.167. The van der Waals surface area contributed by atoms with Gasteiger partial charge in [0.15, 0.2) is 0 Å². The molecule has 1 aliphatic heterocycles. The normalized spacial score (nSPS) is 15.6. The van der Waals surface area contributed by atoms with Gasteiger partial charge in [0.2, 0.25) is 5.91 Å². The fourth-order valence-electron chi connectivity index (χ4n) is 3.64. The Labute approximate surface area is 188 Å². The number of esters is 1. The summed E-state index contributed by atoms with van der Waals surface area (Å²) in [7, 11) is 0.